The summed E-state index contributed by atoms with van der Waals surface area (Å²) in [6.07, 6.45) is 1.55. The molecular weight excluding hydrogens is 454 g/mol. The molecule has 0 aliphatic heterocycles. The number of carbonyl (C=O) groups excluding carboxylic acids is 1. The van der Waals surface area contributed by atoms with Crippen LogP contribution in [-0.4, -0.2) is 24.6 Å². The molecule has 1 N–H and O–H groups in total. The second-order valence-electron chi connectivity index (χ2n) is 8.44. The summed E-state index contributed by atoms with van der Waals surface area (Å²) in [7, 11) is 0. The van der Waals surface area contributed by atoms with Crippen LogP contribution in [-0.2, 0) is 24.4 Å². The number of aromatic nitrogens is 4. The lowest BCUT2D eigenvalue weighted by molar-refractivity contribution is -0.116. The summed E-state index contributed by atoms with van der Waals surface area (Å²) >= 11 is 0. The van der Waals surface area contributed by atoms with E-state index in [1.165, 1.54) is 4.57 Å². The van der Waals surface area contributed by atoms with E-state index in [0.717, 1.165) is 21.3 Å². The second kappa shape index (κ2) is 9.87. The summed E-state index contributed by atoms with van der Waals surface area (Å²) in [6.45, 7) is 2.23. The molecule has 5 aromatic rings. The largest absolute Gasteiger partial charge is 0.333 e. The van der Waals surface area contributed by atoms with E-state index >= 15 is 0 Å². The monoisotopic (exact) mass is 479 g/mol. The van der Waals surface area contributed by atoms with Gasteiger partial charge in [0.25, 0.3) is 5.56 Å². The van der Waals surface area contributed by atoms with E-state index in [4.69, 9.17) is 0 Å². The Bertz CT molecular complexity index is 1630. The average molecular weight is 480 g/mol. The molecule has 0 atom stereocenters. The molecule has 0 unspecified atom stereocenters. The molecule has 0 fully saturated rings. The van der Waals surface area contributed by atoms with Gasteiger partial charge in [-0.3, -0.25) is 14.2 Å². The van der Waals surface area contributed by atoms with Crippen molar-refractivity contribution in [2.45, 2.75) is 26.6 Å². The third-order valence-electron chi connectivity index (χ3n) is 6.09. The molecule has 2 heterocycles. The van der Waals surface area contributed by atoms with Crippen LogP contribution in [0.3, 0.4) is 0 Å². The molecule has 8 heteroatoms. The summed E-state index contributed by atoms with van der Waals surface area (Å²) in [4.78, 5) is 43.9. The normalized spacial score (nSPS) is 11.0. The predicted octanol–water partition coefficient (Wildman–Crippen LogP) is 3.73. The van der Waals surface area contributed by atoms with Crippen LogP contribution in [0, 0.1) is 0 Å². The first-order valence-corrected chi connectivity index (χ1v) is 11.7. The van der Waals surface area contributed by atoms with Crippen LogP contribution in [0.2, 0.25) is 0 Å². The Kier molecular flexibility index (Phi) is 6.32. The average Bonchev–Trinajstić information content (AvgIpc) is 3.35. The molecule has 0 radical (unpaired) electrons. The molecule has 3 aromatic carbocycles. The Morgan fingerprint density at radius 2 is 1.47 bits per heavy atom. The number of nitrogens with one attached hydrogen (secondary N) is 1. The molecule has 0 saturated carbocycles. The summed E-state index contributed by atoms with van der Waals surface area (Å²) in [5, 5.41) is 2.79. The van der Waals surface area contributed by atoms with E-state index in [9.17, 15) is 14.4 Å². The van der Waals surface area contributed by atoms with Crippen molar-refractivity contribution in [3.05, 3.63) is 118 Å². The van der Waals surface area contributed by atoms with Crippen LogP contribution in [0.25, 0.3) is 22.3 Å². The quantitative estimate of drug-likeness (QED) is 0.385. The maximum Gasteiger partial charge on any atom is 0.333 e. The van der Waals surface area contributed by atoms with Crippen molar-refractivity contribution in [1.82, 2.24) is 18.7 Å². The van der Waals surface area contributed by atoms with E-state index in [1.54, 1.807) is 23.0 Å². The van der Waals surface area contributed by atoms with Crippen molar-refractivity contribution in [3.63, 3.8) is 0 Å². The number of nitrogens with zero attached hydrogens (tertiary/aromatic N) is 4. The van der Waals surface area contributed by atoms with E-state index in [-0.39, 0.29) is 6.54 Å². The Labute approximate surface area is 207 Å². The number of hydrogen-bond donors (Lipinski definition) is 1. The highest BCUT2D eigenvalue weighted by Gasteiger charge is 2.19. The number of anilines is 1. The number of amides is 1. The lowest BCUT2D eigenvalue weighted by atomic mass is 10.1. The first kappa shape index (κ1) is 23.0. The van der Waals surface area contributed by atoms with E-state index in [1.807, 2.05) is 79.7 Å². The number of hydrogen-bond acceptors (Lipinski definition) is 4. The lowest BCUT2D eigenvalue weighted by Gasteiger charge is -2.13. The third kappa shape index (κ3) is 4.48. The molecule has 0 bridgehead atoms. The fourth-order valence-electron chi connectivity index (χ4n) is 4.25. The summed E-state index contributed by atoms with van der Waals surface area (Å²) in [6, 6.07) is 26.8. The maximum atomic E-state index is 13.4. The van der Waals surface area contributed by atoms with Crippen molar-refractivity contribution < 1.29 is 4.79 Å². The summed E-state index contributed by atoms with van der Waals surface area (Å²) in [5.41, 5.74) is 3.06. The molecule has 180 valence electrons. The van der Waals surface area contributed by atoms with Crippen LogP contribution < -0.4 is 16.6 Å². The minimum Gasteiger partial charge on any atom is -0.325 e. The summed E-state index contributed by atoms with van der Waals surface area (Å²) < 4.78 is 4.11. The molecule has 2 aromatic heterocycles. The van der Waals surface area contributed by atoms with Gasteiger partial charge in [0.1, 0.15) is 6.54 Å². The minimum absolute atomic E-state index is 0.236. The Hall–Kier alpha value is -4.72. The Morgan fingerprint density at radius 1 is 0.833 bits per heavy atom. The Morgan fingerprint density at radius 3 is 2.14 bits per heavy atom. The zero-order chi connectivity index (χ0) is 25.1. The van der Waals surface area contributed by atoms with E-state index in [2.05, 4.69) is 10.3 Å². The third-order valence-corrected chi connectivity index (χ3v) is 6.09. The van der Waals surface area contributed by atoms with Gasteiger partial charge in [0, 0.05) is 12.2 Å². The van der Waals surface area contributed by atoms with Crippen LogP contribution >= 0.6 is 0 Å². The first-order valence-electron chi connectivity index (χ1n) is 11.7. The fourth-order valence-corrected chi connectivity index (χ4v) is 4.25. The van der Waals surface area contributed by atoms with Gasteiger partial charge in [0.05, 0.1) is 12.9 Å². The topological polar surface area (TPSA) is 90.9 Å². The van der Waals surface area contributed by atoms with Crippen LogP contribution in [0.5, 0.6) is 0 Å². The number of rotatable bonds is 7. The SMILES string of the molecule is CCn1cnc2c1c(=O)n(CC(=O)Nc1ccc(-c3ccccc3)cc1)c(=O)n2Cc1ccccc1. The van der Waals surface area contributed by atoms with Gasteiger partial charge in [-0.1, -0.05) is 72.8 Å². The highest BCUT2D eigenvalue weighted by atomic mass is 16.2. The van der Waals surface area contributed by atoms with Crippen molar-refractivity contribution in [2.24, 2.45) is 0 Å². The first-order chi connectivity index (χ1) is 17.5. The standard InChI is InChI=1S/C28H25N5O3/c1-2-31-19-29-26-25(31)27(35)33(28(36)32(26)17-20-9-5-3-6-10-20)18-24(34)30-23-15-13-22(14-16-23)21-11-7-4-8-12-21/h3-16,19H,2,17-18H2,1H3,(H,30,34). The van der Waals surface area contributed by atoms with Gasteiger partial charge in [-0.05, 0) is 35.7 Å². The number of carbonyl (C=O) groups is 1. The molecule has 8 nitrogen and oxygen atoms in total. The van der Waals surface area contributed by atoms with Crippen molar-refractivity contribution in [1.29, 1.82) is 0 Å². The van der Waals surface area contributed by atoms with E-state index < -0.39 is 23.7 Å². The van der Waals surface area contributed by atoms with Gasteiger partial charge in [-0.25, -0.2) is 14.3 Å². The Balaban J connectivity index is 1.45. The van der Waals surface area contributed by atoms with Gasteiger partial charge in [-0.15, -0.1) is 0 Å². The number of imidazole rings is 1. The molecule has 36 heavy (non-hydrogen) atoms. The molecule has 0 spiro atoms. The molecule has 0 saturated heterocycles. The predicted molar refractivity (Wildman–Crippen MR) is 140 cm³/mol. The highest BCUT2D eigenvalue weighted by molar-refractivity contribution is 5.91. The zero-order valence-corrected chi connectivity index (χ0v) is 19.8. The molecule has 0 aliphatic carbocycles. The number of aryl methyl sites for hydroxylation is 1. The molecular formula is C28H25N5O3. The van der Waals surface area contributed by atoms with Crippen LogP contribution in [0.1, 0.15) is 12.5 Å². The zero-order valence-electron chi connectivity index (χ0n) is 19.8. The van der Waals surface area contributed by atoms with Crippen LogP contribution in [0.4, 0.5) is 5.69 Å². The van der Waals surface area contributed by atoms with Crippen molar-refractivity contribution in [3.8, 4) is 11.1 Å². The lowest BCUT2D eigenvalue weighted by Crippen LogP contribution is -2.43. The molecule has 5 rings (SSSR count). The minimum atomic E-state index is -0.577. The number of benzene rings is 3. The van der Waals surface area contributed by atoms with Gasteiger partial charge in [-0.2, -0.15) is 0 Å². The van der Waals surface area contributed by atoms with Gasteiger partial charge in [0.2, 0.25) is 5.91 Å². The second-order valence-corrected chi connectivity index (χ2v) is 8.44. The van der Waals surface area contributed by atoms with Crippen molar-refractivity contribution >= 4 is 22.8 Å². The maximum absolute atomic E-state index is 13.4. The highest BCUT2D eigenvalue weighted by Crippen LogP contribution is 2.21. The van der Waals surface area contributed by atoms with E-state index in [0.29, 0.717) is 23.4 Å². The fraction of sp³-hybridized carbons (Fsp3) is 0.143. The smallest absolute Gasteiger partial charge is 0.325 e. The van der Waals surface area contributed by atoms with Gasteiger partial charge in [0.15, 0.2) is 11.2 Å². The molecule has 1 amide bonds. The molecule has 0 aliphatic rings. The van der Waals surface area contributed by atoms with Gasteiger partial charge >= 0.3 is 5.69 Å². The van der Waals surface area contributed by atoms with Crippen LogP contribution in [0.15, 0.2) is 101 Å². The summed E-state index contributed by atoms with van der Waals surface area (Å²) in [5.74, 6) is -0.463. The van der Waals surface area contributed by atoms with Gasteiger partial charge < -0.3 is 9.88 Å². The number of fused-ring (bicyclic) bond motifs is 1. The van der Waals surface area contributed by atoms with Crippen molar-refractivity contribution in [2.75, 3.05) is 5.32 Å².